The summed E-state index contributed by atoms with van der Waals surface area (Å²) in [6.45, 7) is 7.20. The number of likely N-dealkylation sites (tertiary alicyclic amines) is 1. The number of aryl methyl sites for hydroxylation is 2. The zero-order valence-electron chi connectivity index (χ0n) is 14.6. The molecule has 4 rings (SSSR count). The Labute approximate surface area is 151 Å². The molecular weight excluding hydrogens is 332 g/mol. The highest BCUT2D eigenvalue weighted by Crippen LogP contribution is 2.31. The minimum Gasteiger partial charge on any atom is -0.341 e. The van der Waals surface area contributed by atoms with Gasteiger partial charge in [0.05, 0.1) is 16.9 Å². The number of rotatable bonds is 4. The van der Waals surface area contributed by atoms with Crippen molar-refractivity contribution >= 4 is 11.3 Å². The van der Waals surface area contributed by atoms with Crippen LogP contribution in [0.25, 0.3) is 11.5 Å². The van der Waals surface area contributed by atoms with E-state index in [0.29, 0.717) is 5.92 Å². The first kappa shape index (κ1) is 16.4. The van der Waals surface area contributed by atoms with E-state index in [9.17, 15) is 0 Å². The molecule has 0 saturated carbocycles. The predicted octanol–water partition coefficient (Wildman–Crippen LogP) is 3.32. The fourth-order valence-electron chi connectivity index (χ4n) is 3.47. The normalized spacial score (nSPS) is 18.6. The molecule has 1 saturated heterocycles. The lowest BCUT2D eigenvalue weighted by molar-refractivity contribution is 0.199. The van der Waals surface area contributed by atoms with Crippen molar-refractivity contribution in [3.05, 3.63) is 46.1 Å². The average Bonchev–Trinajstić information content (AvgIpc) is 3.24. The molecule has 25 heavy (non-hydrogen) atoms. The van der Waals surface area contributed by atoms with E-state index in [0.717, 1.165) is 54.7 Å². The molecule has 1 atom stereocenters. The first-order valence-electron chi connectivity index (χ1n) is 8.65. The summed E-state index contributed by atoms with van der Waals surface area (Å²) in [6, 6.07) is 0. The molecule has 0 spiro atoms. The summed E-state index contributed by atoms with van der Waals surface area (Å²) in [7, 11) is 0. The molecular formula is C18H22N6S. The smallest absolute Gasteiger partial charge is 0.158 e. The molecule has 4 heterocycles. The van der Waals surface area contributed by atoms with Crippen LogP contribution in [0.5, 0.6) is 0 Å². The van der Waals surface area contributed by atoms with Gasteiger partial charge in [-0.05, 0) is 33.2 Å². The molecule has 1 aliphatic heterocycles. The van der Waals surface area contributed by atoms with E-state index >= 15 is 0 Å². The molecule has 1 aliphatic rings. The number of nitrogens with zero attached hydrogens (tertiary/aromatic N) is 5. The van der Waals surface area contributed by atoms with Crippen molar-refractivity contribution in [2.45, 2.75) is 39.2 Å². The van der Waals surface area contributed by atoms with Crippen LogP contribution in [-0.4, -0.2) is 42.9 Å². The number of nitrogens with one attached hydrogen (secondary N) is 1. The first-order valence-corrected chi connectivity index (χ1v) is 9.53. The van der Waals surface area contributed by atoms with Crippen molar-refractivity contribution in [1.29, 1.82) is 0 Å². The lowest BCUT2D eigenvalue weighted by atomic mass is 9.93. The molecule has 0 bridgehead atoms. The Balaban J connectivity index is 1.56. The third-order valence-electron chi connectivity index (χ3n) is 4.76. The van der Waals surface area contributed by atoms with E-state index in [4.69, 9.17) is 0 Å². The number of aromatic amines is 1. The minimum absolute atomic E-state index is 0.385. The highest BCUT2D eigenvalue weighted by molar-refractivity contribution is 7.09. The highest BCUT2D eigenvalue weighted by Gasteiger charge is 2.26. The van der Waals surface area contributed by atoms with E-state index in [-0.39, 0.29) is 0 Å². The maximum atomic E-state index is 4.68. The maximum Gasteiger partial charge on any atom is 0.158 e. The van der Waals surface area contributed by atoms with Gasteiger partial charge >= 0.3 is 0 Å². The summed E-state index contributed by atoms with van der Waals surface area (Å²) in [5.41, 5.74) is 6.07. The lowest BCUT2D eigenvalue weighted by Gasteiger charge is -2.32. The minimum atomic E-state index is 0.385. The molecule has 130 valence electrons. The van der Waals surface area contributed by atoms with Gasteiger partial charge in [0.2, 0.25) is 0 Å². The Hall–Kier alpha value is -2.12. The molecule has 0 amide bonds. The molecule has 1 fully saturated rings. The average molecular weight is 354 g/mol. The van der Waals surface area contributed by atoms with Gasteiger partial charge in [0, 0.05) is 48.2 Å². The van der Waals surface area contributed by atoms with Crippen LogP contribution in [0.1, 0.15) is 40.7 Å². The zero-order chi connectivity index (χ0) is 17.2. The van der Waals surface area contributed by atoms with Gasteiger partial charge < -0.3 is 4.98 Å². The quantitative estimate of drug-likeness (QED) is 0.778. The Bertz CT molecular complexity index is 855. The number of hydrogen-bond acceptors (Lipinski definition) is 6. The third-order valence-corrected chi connectivity index (χ3v) is 5.68. The van der Waals surface area contributed by atoms with Crippen molar-refractivity contribution in [1.82, 2.24) is 29.8 Å². The van der Waals surface area contributed by atoms with Crippen LogP contribution in [0.4, 0.5) is 0 Å². The summed E-state index contributed by atoms with van der Waals surface area (Å²) in [4.78, 5) is 25.2. The summed E-state index contributed by atoms with van der Waals surface area (Å²) >= 11 is 1.75. The van der Waals surface area contributed by atoms with Gasteiger partial charge in [-0.2, -0.15) is 0 Å². The number of thiazole rings is 1. The molecule has 1 N–H and O–H groups in total. The Morgan fingerprint density at radius 2 is 2.08 bits per heavy atom. The summed E-state index contributed by atoms with van der Waals surface area (Å²) < 4.78 is 0. The van der Waals surface area contributed by atoms with Crippen molar-refractivity contribution in [2.24, 2.45) is 0 Å². The van der Waals surface area contributed by atoms with E-state index < -0.39 is 0 Å². The lowest BCUT2D eigenvalue weighted by Crippen LogP contribution is -2.34. The number of hydrogen-bond donors (Lipinski definition) is 1. The van der Waals surface area contributed by atoms with Crippen LogP contribution in [0.15, 0.2) is 24.1 Å². The second kappa shape index (κ2) is 7.01. The van der Waals surface area contributed by atoms with E-state index in [1.165, 1.54) is 11.3 Å². The largest absolute Gasteiger partial charge is 0.341 e. The van der Waals surface area contributed by atoms with Crippen molar-refractivity contribution < 1.29 is 0 Å². The predicted molar refractivity (Wildman–Crippen MR) is 98.5 cm³/mol. The highest BCUT2D eigenvalue weighted by atomic mass is 32.1. The summed E-state index contributed by atoms with van der Waals surface area (Å²) in [5.74, 6) is 1.20. The van der Waals surface area contributed by atoms with Crippen molar-refractivity contribution in [3.63, 3.8) is 0 Å². The van der Waals surface area contributed by atoms with Gasteiger partial charge in [-0.3, -0.25) is 9.88 Å². The third kappa shape index (κ3) is 3.48. The van der Waals surface area contributed by atoms with Gasteiger partial charge in [-0.15, -0.1) is 11.3 Å². The monoisotopic (exact) mass is 354 g/mol. The van der Waals surface area contributed by atoms with Crippen molar-refractivity contribution in [3.8, 4) is 11.5 Å². The van der Waals surface area contributed by atoms with Crippen LogP contribution in [-0.2, 0) is 6.54 Å². The molecule has 7 heteroatoms. The standard InChI is InChI=1S/C18H22N6S/c1-12-8-21-18(23-12)17-16(19-5-6-20-17)14-4-3-7-24(9-14)10-15-13(2)22-11-25-15/h5-6,8,11,14H,3-4,7,9-10H2,1-2H3,(H,21,23)/t14-/m1/s1. The number of H-pyrrole nitrogens is 1. The van der Waals surface area contributed by atoms with Gasteiger partial charge in [0.1, 0.15) is 5.69 Å². The Morgan fingerprint density at radius 1 is 1.20 bits per heavy atom. The zero-order valence-corrected chi connectivity index (χ0v) is 15.4. The Morgan fingerprint density at radius 3 is 2.84 bits per heavy atom. The number of aromatic nitrogens is 5. The van der Waals surface area contributed by atoms with Crippen LogP contribution in [0.2, 0.25) is 0 Å². The second-order valence-electron chi connectivity index (χ2n) is 6.64. The second-order valence-corrected chi connectivity index (χ2v) is 7.58. The SMILES string of the molecule is Cc1cnc(-c2nccnc2[C@@H]2CCCN(Cc3scnc3C)C2)[nH]1. The van der Waals surface area contributed by atoms with Crippen molar-refractivity contribution in [2.75, 3.05) is 13.1 Å². The molecule has 3 aromatic rings. The summed E-state index contributed by atoms with van der Waals surface area (Å²) in [5, 5.41) is 0. The number of imidazole rings is 1. The van der Waals surface area contributed by atoms with Gasteiger partial charge in [0.15, 0.2) is 5.82 Å². The molecule has 0 aliphatic carbocycles. The van der Waals surface area contributed by atoms with Gasteiger partial charge in [-0.25, -0.2) is 15.0 Å². The maximum absolute atomic E-state index is 4.68. The topological polar surface area (TPSA) is 70.6 Å². The van der Waals surface area contributed by atoms with Crippen LogP contribution in [0, 0.1) is 13.8 Å². The van der Waals surface area contributed by atoms with Gasteiger partial charge in [-0.1, -0.05) is 0 Å². The first-order chi connectivity index (χ1) is 12.2. The summed E-state index contributed by atoms with van der Waals surface area (Å²) in [6.07, 6.45) is 7.70. The molecule has 6 nitrogen and oxygen atoms in total. The molecule has 0 aromatic carbocycles. The Kier molecular flexibility index (Phi) is 4.59. The van der Waals surface area contributed by atoms with Crippen LogP contribution < -0.4 is 0 Å². The van der Waals surface area contributed by atoms with Gasteiger partial charge in [0.25, 0.3) is 0 Å². The molecule has 0 unspecified atom stereocenters. The number of piperidine rings is 1. The van der Waals surface area contributed by atoms with Crippen LogP contribution >= 0.6 is 11.3 Å². The van der Waals surface area contributed by atoms with Crippen LogP contribution in [0.3, 0.4) is 0 Å². The fourth-order valence-corrected chi connectivity index (χ4v) is 4.28. The molecule has 0 radical (unpaired) electrons. The molecule has 3 aromatic heterocycles. The van der Waals surface area contributed by atoms with E-state index in [1.54, 1.807) is 23.7 Å². The van der Waals surface area contributed by atoms with E-state index in [2.05, 4.69) is 36.7 Å². The van der Waals surface area contributed by atoms with E-state index in [1.807, 2.05) is 18.6 Å². The fraction of sp³-hybridized carbons (Fsp3) is 0.444.